The maximum atomic E-state index is 13.6. The summed E-state index contributed by atoms with van der Waals surface area (Å²) in [4.78, 5) is 15.3. The minimum absolute atomic E-state index is 0.0181. The molecule has 1 aliphatic rings. The van der Waals surface area contributed by atoms with Crippen molar-refractivity contribution in [2.75, 3.05) is 18.0 Å². The van der Waals surface area contributed by atoms with Crippen LogP contribution in [0.1, 0.15) is 34.3 Å². The first-order valence-corrected chi connectivity index (χ1v) is 12.4. The van der Waals surface area contributed by atoms with Crippen LogP contribution in [0.2, 0.25) is 5.02 Å². The number of nitrogens with zero attached hydrogens (tertiary/aromatic N) is 2. The molecule has 0 spiro atoms. The van der Waals surface area contributed by atoms with Crippen molar-refractivity contribution in [3.63, 3.8) is 0 Å². The van der Waals surface area contributed by atoms with Gasteiger partial charge in [0, 0.05) is 24.3 Å². The van der Waals surface area contributed by atoms with Gasteiger partial charge in [0.2, 0.25) is 10.0 Å². The molecule has 32 heavy (non-hydrogen) atoms. The second-order valence-electron chi connectivity index (χ2n) is 7.97. The van der Waals surface area contributed by atoms with Gasteiger partial charge in [0.25, 0.3) is 5.91 Å². The quantitative estimate of drug-likeness (QED) is 0.494. The first-order valence-electron chi connectivity index (χ1n) is 10.6. The molecule has 1 aliphatic heterocycles. The number of carbonyl (C=O) groups is 1. The summed E-state index contributed by atoms with van der Waals surface area (Å²) in [6.45, 7) is 3.29. The Morgan fingerprint density at radius 1 is 0.969 bits per heavy atom. The number of anilines is 1. The third kappa shape index (κ3) is 4.72. The number of aryl methyl sites for hydroxylation is 1. The van der Waals surface area contributed by atoms with Crippen LogP contribution in [0.15, 0.2) is 77.7 Å². The molecule has 0 aliphatic carbocycles. The minimum Gasteiger partial charge on any atom is -0.304 e. The number of rotatable bonds is 6. The van der Waals surface area contributed by atoms with Crippen molar-refractivity contribution in [3.05, 3.63) is 94.5 Å². The summed E-state index contributed by atoms with van der Waals surface area (Å²) in [6, 6.07) is 21.9. The molecule has 0 saturated carbocycles. The summed E-state index contributed by atoms with van der Waals surface area (Å²) in [5.74, 6) is -0.285. The van der Waals surface area contributed by atoms with Crippen molar-refractivity contribution in [3.8, 4) is 0 Å². The standard InChI is InChI=1S/C25H25ClN2O3S/c1-19-9-12-22(13-10-19)28(18-20-7-3-2-4-8-20)25(29)21-11-14-23(26)24(17-21)32(30,31)27-15-5-6-16-27/h2-4,7-14,17H,5-6,15-16,18H2,1H3. The van der Waals surface area contributed by atoms with Crippen molar-refractivity contribution in [2.24, 2.45) is 0 Å². The van der Waals surface area contributed by atoms with Crippen LogP contribution in [0.4, 0.5) is 5.69 Å². The minimum atomic E-state index is -3.75. The van der Waals surface area contributed by atoms with Crippen LogP contribution in [0, 0.1) is 6.92 Å². The molecule has 0 radical (unpaired) electrons. The maximum absolute atomic E-state index is 13.6. The Morgan fingerprint density at radius 2 is 1.62 bits per heavy atom. The van der Waals surface area contributed by atoms with E-state index in [4.69, 9.17) is 11.6 Å². The highest BCUT2D eigenvalue weighted by molar-refractivity contribution is 7.89. The van der Waals surface area contributed by atoms with Gasteiger partial charge < -0.3 is 4.90 Å². The largest absolute Gasteiger partial charge is 0.304 e. The van der Waals surface area contributed by atoms with Gasteiger partial charge in [-0.3, -0.25) is 4.79 Å². The van der Waals surface area contributed by atoms with Crippen LogP contribution < -0.4 is 4.90 Å². The van der Waals surface area contributed by atoms with Crippen molar-refractivity contribution in [1.29, 1.82) is 0 Å². The number of carbonyl (C=O) groups excluding carboxylic acids is 1. The smallest absolute Gasteiger partial charge is 0.258 e. The molecule has 0 N–H and O–H groups in total. The van der Waals surface area contributed by atoms with Gasteiger partial charge in [-0.25, -0.2) is 8.42 Å². The number of halogens is 1. The Labute approximate surface area is 194 Å². The number of amides is 1. The van der Waals surface area contributed by atoms with Crippen LogP contribution in [0.3, 0.4) is 0 Å². The molecule has 1 amide bonds. The lowest BCUT2D eigenvalue weighted by Crippen LogP contribution is -2.31. The molecule has 5 nitrogen and oxygen atoms in total. The van der Waals surface area contributed by atoms with Gasteiger partial charge in [-0.1, -0.05) is 59.6 Å². The zero-order chi connectivity index (χ0) is 22.7. The van der Waals surface area contributed by atoms with Gasteiger partial charge in [-0.05, 0) is 55.7 Å². The summed E-state index contributed by atoms with van der Waals surface area (Å²) >= 11 is 6.28. The summed E-state index contributed by atoms with van der Waals surface area (Å²) in [7, 11) is -3.75. The lowest BCUT2D eigenvalue weighted by Gasteiger charge is -2.24. The molecular weight excluding hydrogens is 444 g/mol. The molecule has 166 valence electrons. The van der Waals surface area contributed by atoms with Crippen LogP contribution in [0.25, 0.3) is 0 Å². The Hall–Kier alpha value is -2.67. The SMILES string of the molecule is Cc1ccc(N(Cc2ccccc2)C(=O)c2ccc(Cl)c(S(=O)(=O)N3CCCC3)c2)cc1. The fourth-order valence-electron chi connectivity index (χ4n) is 3.83. The van der Waals surface area contributed by atoms with Crippen LogP contribution in [0.5, 0.6) is 0 Å². The molecule has 0 aromatic heterocycles. The van der Waals surface area contributed by atoms with Crippen molar-refractivity contribution < 1.29 is 13.2 Å². The van der Waals surface area contributed by atoms with Gasteiger partial charge >= 0.3 is 0 Å². The molecular formula is C25H25ClN2O3S. The van der Waals surface area contributed by atoms with E-state index < -0.39 is 10.0 Å². The predicted octanol–water partition coefficient (Wildman–Crippen LogP) is 5.28. The molecule has 4 rings (SSSR count). The number of benzene rings is 3. The zero-order valence-corrected chi connectivity index (χ0v) is 19.4. The molecule has 0 atom stereocenters. The van der Waals surface area contributed by atoms with Gasteiger partial charge in [0.1, 0.15) is 4.90 Å². The zero-order valence-electron chi connectivity index (χ0n) is 17.9. The summed E-state index contributed by atoms with van der Waals surface area (Å²) in [6.07, 6.45) is 1.65. The third-order valence-corrected chi connectivity index (χ3v) is 8.02. The summed E-state index contributed by atoms with van der Waals surface area (Å²) in [5, 5.41) is 0.124. The maximum Gasteiger partial charge on any atom is 0.258 e. The normalized spacial score (nSPS) is 14.4. The Bertz CT molecular complexity index is 1210. The van der Waals surface area contributed by atoms with E-state index in [1.807, 2.05) is 61.5 Å². The van der Waals surface area contributed by atoms with E-state index in [2.05, 4.69) is 0 Å². The molecule has 1 fully saturated rings. The molecule has 1 heterocycles. The first kappa shape index (κ1) is 22.5. The fourth-order valence-corrected chi connectivity index (χ4v) is 5.85. The summed E-state index contributed by atoms with van der Waals surface area (Å²) < 4.78 is 27.7. The van der Waals surface area contributed by atoms with Gasteiger partial charge in [0.15, 0.2) is 0 Å². The predicted molar refractivity (Wildman–Crippen MR) is 128 cm³/mol. The second kappa shape index (κ2) is 9.45. The highest BCUT2D eigenvalue weighted by Crippen LogP contribution is 2.29. The van der Waals surface area contributed by atoms with Crippen molar-refractivity contribution >= 4 is 33.2 Å². The third-order valence-electron chi connectivity index (χ3n) is 5.64. The molecule has 3 aromatic rings. The van der Waals surface area contributed by atoms with E-state index >= 15 is 0 Å². The van der Waals surface area contributed by atoms with Crippen molar-refractivity contribution in [2.45, 2.75) is 31.2 Å². The van der Waals surface area contributed by atoms with Crippen molar-refractivity contribution in [1.82, 2.24) is 4.31 Å². The fraction of sp³-hybridized carbons (Fsp3) is 0.240. The molecule has 1 saturated heterocycles. The molecule has 3 aromatic carbocycles. The number of hydrogen-bond donors (Lipinski definition) is 0. The van der Waals surface area contributed by atoms with Gasteiger partial charge in [0.05, 0.1) is 11.6 Å². The van der Waals surface area contributed by atoms with Gasteiger partial charge in [-0.15, -0.1) is 0 Å². The van der Waals surface area contributed by atoms with Crippen LogP contribution >= 0.6 is 11.6 Å². The first-order chi connectivity index (χ1) is 15.4. The lowest BCUT2D eigenvalue weighted by molar-refractivity contribution is 0.0985. The summed E-state index contributed by atoms with van der Waals surface area (Å²) in [5.41, 5.74) is 3.08. The Balaban J connectivity index is 1.72. The van der Waals surface area contributed by atoms with Crippen LogP contribution in [-0.4, -0.2) is 31.7 Å². The molecule has 0 bridgehead atoms. The number of sulfonamides is 1. The highest BCUT2D eigenvalue weighted by Gasteiger charge is 2.30. The highest BCUT2D eigenvalue weighted by atomic mass is 35.5. The topological polar surface area (TPSA) is 57.7 Å². The monoisotopic (exact) mass is 468 g/mol. The van der Waals surface area contributed by atoms with E-state index in [1.54, 1.807) is 11.0 Å². The molecule has 7 heteroatoms. The lowest BCUT2D eigenvalue weighted by atomic mass is 10.1. The number of hydrogen-bond acceptors (Lipinski definition) is 3. The molecule has 0 unspecified atom stereocenters. The Kier molecular flexibility index (Phi) is 6.65. The second-order valence-corrected chi connectivity index (χ2v) is 10.3. The average molecular weight is 469 g/mol. The van der Waals surface area contributed by atoms with E-state index in [0.717, 1.165) is 29.7 Å². The van der Waals surface area contributed by atoms with E-state index in [-0.39, 0.29) is 21.4 Å². The average Bonchev–Trinajstić information content (AvgIpc) is 3.35. The van der Waals surface area contributed by atoms with E-state index in [1.165, 1.54) is 16.4 Å². The van der Waals surface area contributed by atoms with Gasteiger partial charge in [-0.2, -0.15) is 4.31 Å². The van der Waals surface area contributed by atoms with Crippen LogP contribution in [-0.2, 0) is 16.6 Å². The van der Waals surface area contributed by atoms with E-state index in [9.17, 15) is 13.2 Å². The van der Waals surface area contributed by atoms with E-state index in [0.29, 0.717) is 19.6 Å². The Morgan fingerprint density at radius 3 is 2.28 bits per heavy atom.